The van der Waals surface area contributed by atoms with Crippen LogP contribution in [0.15, 0.2) is 72.5 Å². The highest BCUT2D eigenvalue weighted by molar-refractivity contribution is 7.18. The smallest absolute Gasteiger partial charge is 0.323 e. The molecule has 0 aliphatic rings. The van der Waals surface area contributed by atoms with Crippen LogP contribution in [0.1, 0.15) is 0 Å². The summed E-state index contributed by atoms with van der Waals surface area (Å²) in [6, 6.07) is 14.2. The van der Waals surface area contributed by atoms with E-state index in [1.54, 1.807) is 46.5 Å². The van der Waals surface area contributed by atoms with Gasteiger partial charge in [0.05, 0.1) is 6.20 Å². The average molecular weight is 475 g/mol. The predicted octanol–water partition coefficient (Wildman–Crippen LogP) is 6.24. The summed E-state index contributed by atoms with van der Waals surface area (Å²) < 4.78 is 2.83. The molecule has 7 nitrogen and oxygen atoms in total. The highest BCUT2D eigenvalue weighted by Crippen LogP contribution is 2.41. The number of halogens is 1. The second kappa shape index (κ2) is 8.57. The SMILES string of the molecule is Cn1cc(-c2cnc(N)c3c(-c4ccc(NC(=O)Nc5cccc(Cl)c5)cc4)csc23)cn1. The Bertz CT molecular complexity index is 1470. The van der Waals surface area contributed by atoms with E-state index in [2.05, 4.69) is 26.1 Å². The summed E-state index contributed by atoms with van der Waals surface area (Å²) in [6.45, 7) is 0. The van der Waals surface area contributed by atoms with Crippen molar-refractivity contribution in [1.29, 1.82) is 0 Å². The molecule has 0 saturated heterocycles. The Hall–Kier alpha value is -3.88. The predicted molar refractivity (Wildman–Crippen MR) is 136 cm³/mol. The average Bonchev–Trinajstić information content (AvgIpc) is 3.42. The molecule has 0 aliphatic heterocycles. The number of thiophene rings is 1. The number of pyridine rings is 1. The zero-order valence-corrected chi connectivity index (χ0v) is 19.1. The van der Waals surface area contributed by atoms with Gasteiger partial charge in [0.15, 0.2) is 0 Å². The van der Waals surface area contributed by atoms with Crippen molar-refractivity contribution < 1.29 is 4.79 Å². The Morgan fingerprint density at radius 2 is 1.82 bits per heavy atom. The normalized spacial score (nSPS) is 11.0. The molecule has 33 heavy (non-hydrogen) atoms. The Morgan fingerprint density at radius 1 is 1.03 bits per heavy atom. The van der Waals surface area contributed by atoms with Crippen LogP contribution in [0.2, 0.25) is 5.02 Å². The van der Waals surface area contributed by atoms with Gasteiger partial charge in [0.2, 0.25) is 0 Å². The fourth-order valence-corrected chi connectivity index (χ4v) is 4.95. The molecule has 3 aromatic heterocycles. The second-order valence-electron chi connectivity index (χ2n) is 7.48. The first-order chi connectivity index (χ1) is 16.0. The van der Waals surface area contributed by atoms with Gasteiger partial charge >= 0.3 is 6.03 Å². The third-order valence-electron chi connectivity index (χ3n) is 5.18. The fourth-order valence-electron chi connectivity index (χ4n) is 3.64. The number of benzene rings is 2. The molecule has 0 bridgehead atoms. The fraction of sp³-hybridized carbons (Fsp3) is 0.0417. The monoisotopic (exact) mass is 474 g/mol. The number of hydrogen-bond donors (Lipinski definition) is 3. The van der Waals surface area contributed by atoms with E-state index >= 15 is 0 Å². The highest BCUT2D eigenvalue weighted by Gasteiger charge is 2.16. The number of urea groups is 1. The van der Waals surface area contributed by atoms with Crippen LogP contribution >= 0.6 is 22.9 Å². The van der Waals surface area contributed by atoms with Crippen molar-refractivity contribution in [3.05, 3.63) is 77.5 Å². The number of carbonyl (C=O) groups is 1. The minimum Gasteiger partial charge on any atom is -0.383 e. The van der Waals surface area contributed by atoms with E-state index in [1.165, 1.54) is 0 Å². The lowest BCUT2D eigenvalue weighted by Crippen LogP contribution is -2.19. The third kappa shape index (κ3) is 4.26. The molecule has 164 valence electrons. The largest absolute Gasteiger partial charge is 0.383 e. The molecular formula is C24H19ClN6OS. The van der Waals surface area contributed by atoms with Gasteiger partial charge in [0, 0.05) is 62.6 Å². The molecule has 0 unspecified atom stereocenters. The van der Waals surface area contributed by atoms with Crippen molar-refractivity contribution in [1.82, 2.24) is 14.8 Å². The van der Waals surface area contributed by atoms with Crippen molar-refractivity contribution in [2.75, 3.05) is 16.4 Å². The van der Waals surface area contributed by atoms with Crippen molar-refractivity contribution in [2.24, 2.45) is 7.05 Å². The van der Waals surface area contributed by atoms with Crippen LogP contribution in [-0.2, 0) is 7.05 Å². The van der Waals surface area contributed by atoms with Crippen LogP contribution in [-0.4, -0.2) is 20.8 Å². The van der Waals surface area contributed by atoms with Crippen LogP contribution in [0.5, 0.6) is 0 Å². The van der Waals surface area contributed by atoms with Crippen molar-refractivity contribution in [3.8, 4) is 22.3 Å². The van der Waals surface area contributed by atoms with E-state index in [1.807, 2.05) is 43.7 Å². The summed E-state index contributed by atoms with van der Waals surface area (Å²) in [6.07, 6.45) is 5.57. The molecule has 2 amide bonds. The molecule has 5 rings (SSSR count). The van der Waals surface area contributed by atoms with Crippen LogP contribution in [0, 0.1) is 0 Å². The number of fused-ring (bicyclic) bond motifs is 1. The Morgan fingerprint density at radius 3 is 2.55 bits per heavy atom. The lowest BCUT2D eigenvalue weighted by Gasteiger charge is -2.09. The van der Waals surface area contributed by atoms with Crippen LogP contribution in [0.4, 0.5) is 22.0 Å². The van der Waals surface area contributed by atoms with E-state index in [0.717, 1.165) is 32.3 Å². The topological polar surface area (TPSA) is 97.9 Å². The minimum atomic E-state index is -0.347. The summed E-state index contributed by atoms with van der Waals surface area (Å²) in [7, 11) is 1.89. The first-order valence-electron chi connectivity index (χ1n) is 10.1. The van der Waals surface area contributed by atoms with Crippen LogP contribution < -0.4 is 16.4 Å². The molecule has 0 spiro atoms. The molecule has 9 heteroatoms. The molecular weight excluding hydrogens is 456 g/mol. The number of hydrogen-bond acceptors (Lipinski definition) is 5. The van der Waals surface area contributed by atoms with Gasteiger partial charge in [-0.3, -0.25) is 4.68 Å². The minimum absolute atomic E-state index is 0.347. The van der Waals surface area contributed by atoms with Gasteiger partial charge < -0.3 is 16.4 Å². The van der Waals surface area contributed by atoms with Crippen molar-refractivity contribution in [2.45, 2.75) is 0 Å². The first kappa shape index (κ1) is 21.0. The van der Waals surface area contributed by atoms with Gasteiger partial charge in [-0.25, -0.2) is 9.78 Å². The molecule has 0 radical (unpaired) electrons. The van der Waals surface area contributed by atoms with E-state index in [0.29, 0.717) is 22.2 Å². The first-order valence-corrected chi connectivity index (χ1v) is 11.3. The maximum absolute atomic E-state index is 12.3. The highest BCUT2D eigenvalue weighted by atomic mass is 35.5. The molecule has 5 aromatic rings. The number of nitrogens with zero attached hydrogens (tertiary/aromatic N) is 3. The third-order valence-corrected chi connectivity index (χ3v) is 6.43. The number of nitrogen functional groups attached to an aromatic ring is 1. The summed E-state index contributed by atoms with van der Waals surface area (Å²) in [4.78, 5) is 16.7. The van der Waals surface area contributed by atoms with Gasteiger partial charge in [-0.2, -0.15) is 5.10 Å². The molecule has 0 atom stereocenters. The van der Waals surface area contributed by atoms with Gasteiger partial charge in [-0.1, -0.05) is 29.8 Å². The van der Waals surface area contributed by atoms with E-state index in [-0.39, 0.29) is 6.03 Å². The number of aromatic nitrogens is 3. The number of nitrogens with one attached hydrogen (secondary N) is 2. The van der Waals surface area contributed by atoms with Gasteiger partial charge in [0.1, 0.15) is 5.82 Å². The van der Waals surface area contributed by atoms with Crippen LogP contribution in [0.25, 0.3) is 32.3 Å². The second-order valence-corrected chi connectivity index (χ2v) is 8.80. The molecule has 3 heterocycles. The lowest BCUT2D eigenvalue weighted by molar-refractivity contribution is 0.262. The molecule has 0 aliphatic carbocycles. The van der Waals surface area contributed by atoms with Gasteiger partial charge in [-0.15, -0.1) is 11.3 Å². The molecule has 4 N–H and O–H groups in total. The zero-order chi connectivity index (χ0) is 22.9. The molecule has 2 aromatic carbocycles. The number of rotatable bonds is 4. The maximum Gasteiger partial charge on any atom is 0.323 e. The Balaban J connectivity index is 1.40. The number of carbonyl (C=O) groups excluding carboxylic acids is 1. The molecule has 0 saturated carbocycles. The number of amides is 2. The Kier molecular flexibility index (Phi) is 5.45. The van der Waals surface area contributed by atoms with Crippen LogP contribution in [0.3, 0.4) is 0 Å². The molecule has 0 fully saturated rings. The zero-order valence-electron chi connectivity index (χ0n) is 17.5. The summed E-state index contributed by atoms with van der Waals surface area (Å²) in [5, 5.41) is 13.4. The summed E-state index contributed by atoms with van der Waals surface area (Å²) in [5.74, 6) is 0.483. The Labute approximate surface area is 198 Å². The van der Waals surface area contributed by atoms with E-state index < -0.39 is 0 Å². The van der Waals surface area contributed by atoms with E-state index in [9.17, 15) is 4.79 Å². The van der Waals surface area contributed by atoms with Gasteiger partial charge in [0.25, 0.3) is 0 Å². The van der Waals surface area contributed by atoms with Gasteiger partial charge in [-0.05, 0) is 41.3 Å². The number of nitrogens with two attached hydrogens (primary N) is 1. The quantitative estimate of drug-likeness (QED) is 0.287. The number of aryl methyl sites for hydroxylation is 1. The van der Waals surface area contributed by atoms with E-state index in [4.69, 9.17) is 17.3 Å². The number of anilines is 3. The maximum atomic E-state index is 12.3. The summed E-state index contributed by atoms with van der Waals surface area (Å²) in [5.41, 5.74) is 11.5. The standard InChI is InChI=1S/C24H19ClN6OS/c1-31-12-15(10-28-31)19-11-27-23(26)21-20(13-33-22(19)21)14-5-7-17(8-6-14)29-24(32)30-18-4-2-3-16(25)9-18/h2-13H,1H3,(H2,26,27)(H2,29,30,32). The summed E-state index contributed by atoms with van der Waals surface area (Å²) >= 11 is 7.59. The lowest BCUT2D eigenvalue weighted by atomic mass is 10.0. The van der Waals surface area contributed by atoms with Crippen molar-refractivity contribution >= 4 is 56.2 Å². The van der Waals surface area contributed by atoms with Crippen molar-refractivity contribution in [3.63, 3.8) is 0 Å².